The number of non-ortho nitro benzene ring substituents is 1. The third kappa shape index (κ3) is 4.84. The first-order valence-corrected chi connectivity index (χ1v) is 13.2. The van der Waals surface area contributed by atoms with E-state index in [-0.39, 0.29) is 44.0 Å². The molecule has 194 valence electrons. The Balaban J connectivity index is 1.94. The molecule has 1 aromatic heterocycles. The minimum atomic E-state index is -0.643. The third-order valence-corrected chi connectivity index (χ3v) is 7.41. The highest BCUT2D eigenvalue weighted by Gasteiger charge is 2.25. The van der Waals surface area contributed by atoms with Crippen molar-refractivity contribution in [1.82, 2.24) is 4.57 Å². The van der Waals surface area contributed by atoms with Gasteiger partial charge < -0.3 is 0 Å². The van der Waals surface area contributed by atoms with E-state index < -0.39 is 26.9 Å². The molecule has 0 saturated heterocycles. The number of aromatic nitrogens is 1. The molecular formula is C29H32N2O6. The van der Waals surface area contributed by atoms with Crippen LogP contribution in [0.5, 0.6) is 0 Å². The van der Waals surface area contributed by atoms with E-state index in [1.165, 1.54) is 28.8 Å². The predicted molar refractivity (Wildman–Crippen MR) is 148 cm³/mol. The fourth-order valence-corrected chi connectivity index (χ4v) is 5.43. The van der Waals surface area contributed by atoms with Gasteiger partial charge in [0, 0.05) is 39.7 Å². The number of benzene rings is 3. The highest BCUT2D eigenvalue weighted by Crippen LogP contribution is 2.26. The lowest BCUT2D eigenvalue weighted by molar-refractivity contribution is -0.384. The van der Waals surface area contributed by atoms with Gasteiger partial charge >= 0.3 is 0 Å². The molecule has 0 N–H and O–H groups in total. The van der Waals surface area contributed by atoms with Gasteiger partial charge in [-0.25, -0.2) is 0 Å². The molecule has 4 rings (SSSR count). The molecule has 0 bridgehead atoms. The van der Waals surface area contributed by atoms with Gasteiger partial charge in [0.2, 0.25) is 0 Å². The maximum Gasteiger partial charge on any atom is 0.270 e. The van der Waals surface area contributed by atoms with Crippen LogP contribution in [-0.4, -0.2) is 9.49 Å². The Morgan fingerprint density at radius 1 is 0.703 bits per heavy atom. The van der Waals surface area contributed by atoms with Crippen LogP contribution < -0.4 is 22.0 Å². The molecule has 8 nitrogen and oxygen atoms in total. The van der Waals surface area contributed by atoms with Crippen LogP contribution in [-0.2, 0) is 0 Å². The lowest BCUT2D eigenvalue weighted by atomic mass is 9.98. The molecule has 3 aromatic carbocycles. The summed E-state index contributed by atoms with van der Waals surface area (Å²) in [6.07, 6.45) is 9.54. The second-order valence-electron chi connectivity index (χ2n) is 9.89. The molecule has 0 spiro atoms. The van der Waals surface area contributed by atoms with Gasteiger partial charge in [0.25, 0.3) is 16.8 Å². The Morgan fingerprint density at radius 3 is 1.89 bits per heavy atom. The minimum Gasteiger partial charge on any atom is -0.289 e. The van der Waals surface area contributed by atoms with E-state index in [1.807, 2.05) is 0 Å². The maximum absolute atomic E-state index is 13.8. The predicted octanol–water partition coefficient (Wildman–Crippen LogP) is 5.65. The molecule has 0 fully saturated rings. The number of nitro groups is 1. The molecule has 37 heavy (non-hydrogen) atoms. The number of hydrogen-bond donors (Lipinski definition) is 0. The van der Waals surface area contributed by atoms with Crippen LogP contribution in [0.3, 0.4) is 0 Å². The average molecular weight is 505 g/mol. The van der Waals surface area contributed by atoms with Crippen molar-refractivity contribution in [3.63, 3.8) is 0 Å². The van der Waals surface area contributed by atoms with E-state index in [1.54, 1.807) is 0 Å². The van der Waals surface area contributed by atoms with Crippen molar-refractivity contribution in [1.29, 1.82) is 0 Å². The third-order valence-electron chi connectivity index (χ3n) is 7.41. The summed E-state index contributed by atoms with van der Waals surface area (Å²) in [5.41, 5.74) is -2.45. The van der Waals surface area contributed by atoms with Gasteiger partial charge in [-0.3, -0.25) is 33.9 Å². The van der Waals surface area contributed by atoms with Gasteiger partial charge in [0.1, 0.15) is 0 Å². The molecule has 1 heterocycles. The molecule has 0 atom stereocenters. The number of fused-ring (bicyclic) bond motifs is 4. The van der Waals surface area contributed by atoms with Gasteiger partial charge in [-0.2, -0.15) is 0 Å². The lowest BCUT2D eigenvalue weighted by Gasteiger charge is -2.17. The van der Waals surface area contributed by atoms with Crippen molar-refractivity contribution >= 4 is 38.0 Å². The monoisotopic (exact) mass is 504 g/mol. The smallest absolute Gasteiger partial charge is 0.270 e. The van der Waals surface area contributed by atoms with Crippen LogP contribution in [0.1, 0.15) is 84.1 Å². The number of rotatable bonds is 12. The highest BCUT2D eigenvalue weighted by molar-refractivity contribution is 6.11. The molecular weight excluding hydrogens is 472 g/mol. The Kier molecular flexibility index (Phi) is 7.95. The standard InChI is InChI=1S/C29H32N2O6/c1-3-5-7-9-11-18(12-10-8-6-4-2)30-28(34)22-16-15-21-24(25(22)29(30)35)27(33)23-17-19(31(36)37)13-14-20(23)26(21)32/h13-18H,3-12H2,1-2H3. The molecule has 0 aliphatic carbocycles. The molecule has 4 aromatic rings. The summed E-state index contributed by atoms with van der Waals surface area (Å²) in [4.78, 5) is 64.7. The van der Waals surface area contributed by atoms with E-state index in [4.69, 9.17) is 0 Å². The average Bonchev–Trinajstić information content (AvgIpc) is 3.15. The maximum atomic E-state index is 13.8. The second kappa shape index (κ2) is 11.2. The summed E-state index contributed by atoms with van der Waals surface area (Å²) >= 11 is 0. The molecule has 0 saturated carbocycles. The number of nitrogens with zero attached hydrogens (tertiary/aromatic N) is 2. The van der Waals surface area contributed by atoms with Crippen LogP contribution in [0.15, 0.2) is 49.5 Å². The number of unbranched alkanes of at least 4 members (excludes halogenated alkanes) is 6. The molecule has 0 aliphatic heterocycles. The molecule has 0 aliphatic rings. The summed E-state index contributed by atoms with van der Waals surface area (Å²) in [7, 11) is 0. The van der Waals surface area contributed by atoms with Crippen molar-refractivity contribution < 1.29 is 4.92 Å². The van der Waals surface area contributed by atoms with E-state index in [0.717, 1.165) is 57.4 Å². The zero-order valence-electron chi connectivity index (χ0n) is 21.4. The molecule has 0 radical (unpaired) electrons. The van der Waals surface area contributed by atoms with Crippen molar-refractivity contribution in [3.8, 4) is 0 Å². The van der Waals surface area contributed by atoms with Crippen LogP contribution in [0, 0.1) is 10.1 Å². The summed E-state index contributed by atoms with van der Waals surface area (Å²) in [5, 5.41) is 11.2. The Labute approximate surface area is 213 Å². The molecule has 0 unspecified atom stereocenters. The number of nitro benzene ring substituents is 1. The topological polar surface area (TPSA) is 116 Å². The SMILES string of the molecule is CCCCCCC(CCCCCC)n1c(=O)c2ccc3c(=O)c4ccc([N+](=O)[O-])cc4c(=O)c3c2c1=O. The van der Waals surface area contributed by atoms with Crippen LogP contribution in [0.4, 0.5) is 5.69 Å². The van der Waals surface area contributed by atoms with Gasteiger partial charge in [0.15, 0.2) is 10.9 Å². The normalized spacial score (nSPS) is 11.9. The summed E-state index contributed by atoms with van der Waals surface area (Å²) in [6.45, 7) is 4.25. The van der Waals surface area contributed by atoms with Crippen molar-refractivity contribution in [2.75, 3.05) is 0 Å². The molecule has 8 heteroatoms. The fourth-order valence-electron chi connectivity index (χ4n) is 5.43. The van der Waals surface area contributed by atoms with E-state index in [9.17, 15) is 29.3 Å². The van der Waals surface area contributed by atoms with Crippen LogP contribution >= 0.6 is 0 Å². The Hall–Kier alpha value is -3.68. The van der Waals surface area contributed by atoms with Crippen molar-refractivity contribution in [3.05, 3.63) is 81.6 Å². The van der Waals surface area contributed by atoms with E-state index >= 15 is 0 Å². The first kappa shape index (κ1) is 26.4. The largest absolute Gasteiger partial charge is 0.289 e. The van der Waals surface area contributed by atoms with Crippen LogP contribution in [0.2, 0.25) is 0 Å². The highest BCUT2D eigenvalue weighted by atomic mass is 16.6. The van der Waals surface area contributed by atoms with Gasteiger partial charge in [-0.15, -0.1) is 0 Å². The summed E-state index contributed by atoms with van der Waals surface area (Å²) < 4.78 is 1.30. The quantitative estimate of drug-likeness (QED) is 0.106. The lowest BCUT2D eigenvalue weighted by Crippen LogP contribution is -2.30. The zero-order chi connectivity index (χ0) is 26.7. The van der Waals surface area contributed by atoms with Gasteiger partial charge in [0.05, 0.1) is 15.7 Å². The second-order valence-corrected chi connectivity index (χ2v) is 9.89. The summed E-state index contributed by atoms with van der Waals surface area (Å²) in [5.74, 6) is 0. The first-order chi connectivity index (χ1) is 17.8. The number of hydrogen-bond acceptors (Lipinski definition) is 6. The van der Waals surface area contributed by atoms with Crippen LogP contribution in [0.25, 0.3) is 32.3 Å². The fraction of sp³-hybridized carbons (Fsp3) is 0.448. The van der Waals surface area contributed by atoms with E-state index in [2.05, 4.69) is 13.8 Å². The Bertz CT molecular complexity index is 1670. The zero-order valence-corrected chi connectivity index (χ0v) is 21.4. The summed E-state index contributed by atoms with van der Waals surface area (Å²) in [6, 6.07) is 6.12. The first-order valence-electron chi connectivity index (χ1n) is 13.2. The van der Waals surface area contributed by atoms with Crippen molar-refractivity contribution in [2.24, 2.45) is 0 Å². The van der Waals surface area contributed by atoms with Gasteiger partial charge in [-0.05, 0) is 31.0 Å². The van der Waals surface area contributed by atoms with E-state index in [0.29, 0.717) is 12.8 Å². The molecule has 0 amide bonds. The van der Waals surface area contributed by atoms with Gasteiger partial charge in [-0.1, -0.05) is 65.2 Å². The van der Waals surface area contributed by atoms with Crippen molar-refractivity contribution in [2.45, 2.75) is 84.1 Å². The Morgan fingerprint density at radius 2 is 1.30 bits per heavy atom. The minimum absolute atomic E-state index is 0.0508.